The largest absolute Gasteiger partial charge is 0.476 e. The van der Waals surface area contributed by atoms with Crippen LogP contribution in [-0.4, -0.2) is 28.0 Å². The van der Waals surface area contributed by atoms with Crippen LogP contribution in [0.25, 0.3) is 0 Å². The van der Waals surface area contributed by atoms with E-state index in [0.29, 0.717) is 5.92 Å². The van der Waals surface area contributed by atoms with Crippen LogP contribution >= 0.6 is 11.3 Å². The lowest BCUT2D eigenvalue weighted by Crippen LogP contribution is -2.38. The number of carbonyl (C=O) groups is 2. The van der Waals surface area contributed by atoms with Crippen molar-refractivity contribution in [1.29, 1.82) is 0 Å². The zero-order chi connectivity index (χ0) is 13.0. The quantitative estimate of drug-likeness (QED) is 0.844. The molecule has 0 aromatic carbocycles. The third-order valence-electron chi connectivity index (χ3n) is 2.48. The highest BCUT2D eigenvalue weighted by Gasteiger charge is 2.19. The first-order valence-electron chi connectivity index (χ1n) is 5.45. The van der Waals surface area contributed by atoms with Crippen molar-refractivity contribution in [2.24, 2.45) is 5.92 Å². The topological polar surface area (TPSA) is 79.3 Å². The van der Waals surface area contributed by atoms with Crippen LogP contribution in [0.1, 0.15) is 47.5 Å². The molecule has 1 heterocycles. The number of nitrogens with zero attached hydrogens (tertiary/aromatic N) is 1. The molecule has 1 unspecified atom stereocenters. The Balaban J connectivity index is 2.72. The Morgan fingerprint density at radius 1 is 1.53 bits per heavy atom. The minimum atomic E-state index is -1.11. The lowest BCUT2D eigenvalue weighted by Gasteiger charge is -2.19. The average molecular weight is 256 g/mol. The molecule has 0 aliphatic heterocycles. The third-order valence-corrected chi connectivity index (χ3v) is 3.32. The molecule has 0 saturated heterocycles. The van der Waals surface area contributed by atoms with Gasteiger partial charge in [-0.1, -0.05) is 20.8 Å². The standard InChI is InChI=1S/C11H16N2O3S/c1-4-7(6(2)3)12-9(14)10-13-8(5-17-10)11(15)16/h5-7H,4H2,1-3H3,(H,12,14)(H,15,16). The van der Waals surface area contributed by atoms with E-state index >= 15 is 0 Å². The van der Waals surface area contributed by atoms with Gasteiger partial charge in [-0.2, -0.15) is 0 Å². The number of carbonyl (C=O) groups excluding carboxylic acids is 1. The monoisotopic (exact) mass is 256 g/mol. The van der Waals surface area contributed by atoms with E-state index in [9.17, 15) is 9.59 Å². The summed E-state index contributed by atoms with van der Waals surface area (Å²) in [6, 6.07) is 0.0830. The Morgan fingerprint density at radius 2 is 2.18 bits per heavy atom. The summed E-state index contributed by atoms with van der Waals surface area (Å²) in [5.74, 6) is -1.08. The Bertz CT molecular complexity index is 415. The number of amides is 1. The van der Waals surface area contributed by atoms with Gasteiger partial charge in [0.1, 0.15) is 0 Å². The Morgan fingerprint density at radius 3 is 2.59 bits per heavy atom. The fourth-order valence-corrected chi connectivity index (χ4v) is 2.14. The van der Waals surface area contributed by atoms with Gasteiger partial charge in [-0.05, 0) is 12.3 Å². The van der Waals surface area contributed by atoms with Crippen LogP contribution in [0.4, 0.5) is 0 Å². The molecular formula is C11H16N2O3S. The molecule has 0 aliphatic rings. The summed E-state index contributed by atoms with van der Waals surface area (Å²) in [6.07, 6.45) is 0.834. The van der Waals surface area contributed by atoms with Crippen molar-refractivity contribution in [2.45, 2.75) is 33.2 Å². The molecule has 1 amide bonds. The predicted octanol–water partition coefficient (Wildman–Crippen LogP) is 2.01. The molecule has 0 radical (unpaired) electrons. The van der Waals surface area contributed by atoms with Gasteiger partial charge in [0.2, 0.25) is 0 Å². The van der Waals surface area contributed by atoms with Gasteiger partial charge in [0.15, 0.2) is 10.7 Å². The zero-order valence-corrected chi connectivity index (χ0v) is 10.9. The van der Waals surface area contributed by atoms with Crippen LogP contribution in [0.5, 0.6) is 0 Å². The lowest BCUT2D eigenvalue weighted by atomic mass is 10.0. The normalized spacial score (nSPS) is 12.5. The van der Waals surface area contributed by atoms with Crippen molar-refractivity contribution in [3.05, 3.63) is 16.1 Å². The summed E-state index contributed by atoms with van der Waals surface area (Å²) in [5.41, 5.74) is -0.0854. The minimum Gasteiger partial charge on any atom is -0.476 e. The summed E-state index contributed by atoms with van der Waals surface area (Å²) >= 11 is 1.05. The first kappa shape index (κ1) is 13.6. The van der Waals surface area contributed by atoms with Crippen LogP contribution < -0.4 is 5.32 Å². The summed E-state index contributed by atoms with van der Waals surface area (Å²) in [7, 11) is 0. The van der Waals surface area contributed by atoms with Gasteiger partial charge in [-0.25, -0.2) is 9.78 Å². The Kier molecular flexibility index (Phi) is 4.62. The second-order valence-corrected chi connectivity index (χ2v) is 4.93. The molecule has 1 aromatic rings. The van der Waals surface area contributed by atoms with E-state index in [0.717, 1.165) is 17.8 Å². The van der Waals surface area contributed by atoms with E-state index in [2.05, 4.69) is 10.3 Å². The molecular weight excluding hydrogens is 240 g/mol. The smallest absolute Gasteiger partial charge is 0.355 e. The molecule has 1 atom stereocenters. The maximum atomic E-state index is 11.8. The first-order valence-corrected chi connectivity index (χ1v) is 6.33. The van der Waals surface area contributed by atoms with Gasteiger partial charge in [0.25, 0.3) is 5.91 Å². The summed E-state index contributed by atoms with van der Waals surface area (Å²) in [4.78, 5) is 26.2. The minimum absolute atomic E-state index is 0.0830. The van der Waals surface area contributed by atoms with E-state index < -0.39 is 5.97 Å². The molecule has 0 bridgehead atoms. The van der Waals surface area contributed by atoms with Gasteiger partial charge in [-0.3, -0.25) is 4.79 Å². The Labute approximate surface area is 104 Å². The molecule has 1 aromatic heterocycles. The van der Waals surface area contributed by atoms with Crippen LogP contribution in [0.2, 0.25) is 0 Å². The number of aromatic nitrogens is 1. The Hall–Kier alpha value is -1.43. The number of rotatable bonds is 5. The highest BCUT2D eigenvalue weighted by atomic mass is 32.1. The molecule has 5 nitrogen and oxygen atoms in total. The average Bonchev–Trinajstić information content (AvgIpc) is 2.74. The summed E-state index contributed by atoms with van der Waals surface area (Å²) in [6.45, 7) is 6.05. The maximum Gasteiger partial charge on any atom is 0.355 e. The number of aromatic carboxylic acids is 1. The predicted molar refractivity (Wildman–Crippen MR) is 65.5 cm³/mol. The van der Waals surface area contributed by atoms with E-state index in [1.54, 1.807) is 0 Å². The number of nitrogens with one attached hydrogen (secondary N) is 1. The number of hydrogen-bond donors (Lipinski definition) is 2. The molecule has 0 aliphatic carbocycles. The third kappa shape index (κ3) is 3.52. The van der Waals surface area contributed by atoms with Crippen LogP contribution in [0.15, 0.2) is 5.38 Å². The van der Waals surface area contributed by atoms with Gasteiger partial charge in [0.05, 0.1) is 0 Å². The van der Waals surface area contributed by atoms with Crippen molar-refractivity contribution in [3.8, 4) is 0 Å². The van der Waals surface area contributed by atoms with Crippen LogP contribution in [0.3, 0.4) is 0 Å². The van der Waals surface area contributed by atoms with E-state index in [-0.39, 0.29) is 22.7 Å². The molecule has 94 valence electrons. The first-order chi connectivity index (χ1) is 7.95. The van der Waals surface area contributed by atoms with Crippen molar-refractivity contribution in [3.63, 3.8) is 0 Å². The van der Waals surface area contributed by atoms with E-state index in [1.807, 2.05) is 20.8 Å². The molecule has 2 N–H and O–H groups in total. The highest BCUT2D eigenvalue weighted by Crippen LogP contribution is 2.12. The SMILES string of the molecule is CCC(NC(=O)c1nc(C(=O)O)cs1)C(C)C. The molecule has 17 heavy (non-hydrogen) atoms. The number of carboxylic acids is 1. The second kappa shape index (κ2) is 5.77. The number of hydrogen-bond acceptors (Lipinski definition) is 4. The highest BCUT2D eigenvalue weighted by molar-refractivity contribution is 7.11. The lowest BCUT2D eigenvalue weighted by molar-refractivity contribution is 0.0691. The molecule has 0 saturated carbocycles. The van der Waals surface area contributed by atoms with Crippen LogP contribution in [0, 0.1) is 5.92 Å². The van der Waals surface area contributed by atoms with Crippen molar-refractivity contribution >= 4 is 23.2 Å². The van der Waals surface area contributed by atoms with Gasteiger partial charge in [0, 0.05) is 11.4 Å². The molecule has 0 fully saturated rings. The zero-order valence-electron chi connectivity index (χ0n) is 10.1. The summed E-state index contributed by atoms with van der Waals surface area (Å²) in [5, 5.41) is 13.1. The van der Waals surface area contributed by atoms with Crippen LogP contribution in [-0.2, 0) is 0 Å². The number of thiazole rings is 1. The second-order valence-electron chi connectivity index (χ2n) is 4.08. The van der Waals surface area contributed by atoms with Gasteiger partial charge >= 0.3 is 5.97 Å². The van der Waals surface area contributed by atoms with E-state index in [4.69, 9.17) is 5.11 Å². The molecule has 1 rings (SSSR count). The van der Waals surface area contributed by atoms with Crippen molar-refractivity contribution < 1.29 is 14.7 Å². The summed E-state index contributed by atoms with van der Waals surface area (Å²) < 4.78 is 0. The van der Waals surface area contributed by atoms with Gasteiger partial charge < -0.3 is 10.4 Å². The fourth-order valence-electron chi connectivity index (χ4n) is 1.45. The van der Waals surface area contributed by atoms with Crippen molar-refractivity contribution in [1.82, 2.24) is 10.3 Å². The number of carboxylic acid groups (broad SMARTS) is 1. The fraction of sp³-hybridized carbons (Fsp3) is 0.545. The molecule has 6 heteroatoms. The molecule has 0 spiro atoms. The van der Waals surface area contributed by atoms with Crippen molar-refractivity contribution in [2.75, 3.05) is 0 Å². The maximum absolute atomic E-state index is 11.8. The van der Waals surface area contributed by atoms with E-state index in [1.165, 1.54) is 5.38 Å². The van der Waals surface area contributed by atoms with Gasteiger partial charge in [-0.15, -0.1) is 11.3 Å².